The van der Waals surface area contributed by atoms with E-state index in [1.54, 1.807) is 0 Å². The molecule has 1 aliphatic rings. The molecule has 0 aromatic rings. The Balaban J connectivity index is 1.95. The normalized spacial score (nSPS) is 22.9. The van der Waals surface area contributed by atoms with Crippen molar-refractivity contribution in [2.24, 2.45) is 5.92 Å². The fourth-order valence-corrected chi connectivity index (χ4v) is 2.31. The number of nitrogens with one attached hydrogen (secondary N) is 2. The molecule has 1 rings (SSSR count). The van der Waals surface area contributed by atoms with Gasteiger partial charge in [-0.25, -0.2) is 0 Å². The molecule has 0 aliphatic carbocycles. The quantitative estimate of drug-likeness (QED) is 0.640. The zero-order chi connectivity index (χ0) is 12.5. The highest BCUT2D eigenvalue weighted by Crippen LogP contribution is 2.06. The predicted octanol–water partition coefficient (Wildman–Crippen LogP) is 2.17. The fraction of sp³-hybridized carbons (Fsp3) is 1.00. The minimum Gasteiger partial charge on any atom is -0.379 e. The summed E-state index contributed by atoms with van der Waals surface area (Å²) in [5.41, 5.74) is 0. The zero-order valence-corrected chi connectivity index (χ0v) is 11.8. The SMILES string of the molecule is CC(C)CCCCNC(C)CC1COCCN1. The molecular formula is C14H30N2O. The minimum atomic E-state index is 0.543. The van der Waals surface area contributed by atoms with Crippen LogP contribution in [-0.4, -0.2) is 38.4 Å². The predicted molar refractivity (Wildman–Crippen MR) is 73.4 cm³/mol. The monoisotopic (exact) mass is 242 g/mol. The van der Waals surface area contributed by atoms with Gasteiger partial charge in [0.15, 0.2) is 0 Å². The molecule has 0 bridgehead atoms. The first-order valence-electron chi connectivity index (χ1n) is 7.23. The first-order chi connectivity index (χ1) is 8.18. The van der Waals surface area contributed by atoms with Crippen molar-refractivity contribution in [1.82, 2.24) is 10.6 Å². The number of hydrogen-bond acceptors (Lipinski definition) is 3. The first kappa shape index (κ1) is 14.9. The van der Waals surface area contributed by atoms with Crippen LogP contribution in [0.2, 0.25) is 0 Å². The largest absolute Gasteiger partial charge is 0.379 e. The van der Waals surface area contributed by atoms with Crippen molar-refractivity contribution in [1.29, 1.82) is 0 Å². The van der Waals surface area contributed by atoms with Crippen LogP contribution in [0.5, 0.6) is 0 Å². The standard InChI is InChI=1S/C14H30N2O/c1-12(2)6-4-5-7-15-13(3)10-14-11-17-9-8-16-14/h12-16H,4-11H2,1-3H3. The Morgan fingerprint density at radius 1 is 1.29 bits per heavy atom. The van der Waals surface area contributed by atoms with E-state index in [2.05, 4.69) is 31.4 Å². The second-order valence-electron chi connectivity index (χ2n) is 5.71. The van der Waals surface area contributed by atoms with Crippen molar-refractivity contribution >= 4 is 0 Å². The molecule has 0 aromatic carbocycles. The summed E-state index contributed by atoms with van der Waals surface area (Å²) >= 11 is 0. The maximum atomic E-state index is 5.46. The Hall–Kier alpha value is -0.120. The Kier molecular flexibility index (Phi) is 7.82. The van der Waals surface area contributed by atoms with Crippen molar-refractivity contribution in [2.75, 3.05) is 26.3 Å². The Labute approximate surface area is 107 Å². The van der Waals surface area contributed by atoms with Crippen LogP contribution < -0.4 is 10.6 Å². The first-order valence-corrected chi connectivity index (χ1v) is 7.23. The second kappa shape index (κ2) is 8.90. The van der Waals surface area contributed by atoms with E-state index in [0.717, 1.165) is 32.2 Å². The Morgan fingerprint density at radius 2 is 2.12 bits per heavy atom. The van der Waals surface area contributed by atoms with Gasteiger partial charge in [-0.05, 0) is 32.2 Å². The number of hydrogen-bond donors (Lipinski definition) is 2. The highest BCUT2D eigenvalue weighted by Gasteiger charge is 2.15. The summed E-state index contributed by atoms with van der Waals surface area (Å²) in [6.45, 7) is 10.8. The summed E-state index contributed by atoms with van der Waals surface area (Å²) in [4.78, 5) is 0. The van der Waals surface area contributed by atoms with Gasteiger partial charge in [0.25, 0.3) is 0 Å². The van der Waals surface area contributed by atoms with Gasteiger partial charge >= 0.3 is 0 Å². The summed E-state index contributed by atoms with van der Waals surface area (Å²) in [5, 5.41) is 7.11. The fourth-order valence-electron chi connectivity index (χ4n) is 2.31. The molecule has 3 heteroatoms. The van der Waals surface area contributed by atoms with E-state index in [9.17, 15) is 0 Å². The van der Waals surface area contributed by atoms with Crippen LogP contribution in [0, 0.1) is 5.92 Å². The Morgan fingerprint density at radius 3 is 2.76 bits per heavy atom. The summed E-state index contributed by atoms with van der Waals surface area (Å²) in [6, 6.07) is 1.13. The van der Waals surface area contributed by atoms with Gasteiger partial charge in [-0.3, -0.25) is 0 Å². The molecule has 0 saturated carbocycles. The van der Waals surface area contributed by atoms with Crippen LogP contribution in [0.4, 0.5) is 0 Å². The average molecular weight is 242 g/mol. The molecule has 0 radical (unpaired) electrons. The van der Waals surface area contributed by atoms with E-state index in [4.69, 9.17) is 4.74 Å². The summed E-state index contributed by atoms with van der Waals surface area (Å²) in [7, 11) is 0. The van der Waals surface area contributed by atoms with Crippen LogP contribution in [0.1, 0.15) is 46.5 Å². The van der Waals surface area contributed by atoms with E-state index >= 15 is 0 Å². The molecule has 1 heterocycles. The van der Waals surface area contributed by atoms with Crippen molar-refractivity contribution in [3.05, 3.63) is 0 Å². The van der Waals surface area contributed by atoms with E-state index in [-0.39, 0.29) is 0 Å². The minimum absolute atomic E-state index is 0.543. The third-order valence-electron chi connectivity index (χ3n) is 3.34. The highest BCUT2D eigenvalue weighted by molar-refractivity contribution is 4.75. The third kappa shape index (κ3) is 7.74. The second-order valence-corrected chi connectivity index (χ2v) is 5.71. The van der Waals surface area contributed by atoms with Crippen molar-refractivity contribution < 1.29 is 4.74 Å². The van der Waals surface area contributed by atoms with Crippen molar-refractivity contribution in [3.8, 4) is 0 Å². The van der Waals surface area contributed by atoms with E-state index < -0.39 is 0 Å². The molecule has 2 N–H and O–H groups in total. The lowest BCUT2D eigenvalue weighted by atomic mass is 10.1. The molecule has 17 heavy (non-hydrogen) atoms. The van der Waals surface area contributed by atoms with Gasteiger partial charge in [0.1, 0.15) is 0 Å². The van der Waals surface area contributed by atoms with Crippen LogP contribution in [0.15, 0.2) is 0 Å². The smallest absolute Gasteiger partial charge is 0.0620 e. The van der Waals surface area contributed by atoms with Crippen molar-refractivity contribution in [2.45, 2.75) is 58.5 Å². The molecule has 2 unspecified atom stereocenters. The molecule has 1 saturated heterocycles. The maximum absolute atomic E-state index is 5.46. The molecule has 1 aliphatic heterocycles. The molecular weight excluding hydrogens is 212 g/mol. The number of rotatable bonds is 8. The van der Waals surface area contributed by atoms with Gasteiger partial charge < -0.3 is 15.4 Å². The van der Waals surface area contributed by atoms with Gasteiger partial charge in [-0.15, -0.1) is 0 Å². The van der Waals surface area contributed by atoms with Crippen LogP contribution in [-0.2, 0) is 4.74 Å². The van der Waals surface area contributed by atoms with Gasteiger partial charge in [0.05, 0.1) is 13.2 Å². The molecule has 0 amide bonds. The van der Waals surface area contributed by atoms with Crippen LogP contribution >= 0.6 is 0 Å². The van der Waals surface area contributed by atoms with E-state index in [1.807, 2.05) is 0 Å². The topological polar surface area (TPSA) is 33.3 Å². The lowest BCUT2D eigenvalue weighted by molar-refractivity contribution is 0.0712. The number of morpholine rings is 1. The van der Waals surface area contributed by atoms with Crippen molar-refractivity contribution in [3.63, 3.8) is 0 Å². The maximum Gasteiger partial charge on any atom is 0.0620 e. The molecule has 102 valence electrons. The number of ether oxygens (including phenoxy) is 1. The van der Waals surface area contributed by atoms with E-state index in [0.29, 0.717) is 12.1 Å². The lowest BCUT2D eigenvalue weighted by Crippen LogP contribution is -2.45. The zero-order valence-electron chi connectivity index (χ0n) is 11.8. The van der Waals surface area contributed by atoms with Gasteiger partial charge in [0.2, 0.25) is 0 Å². The van der Waals surface area contributed by atoms with Crippen LogP contribution in [0.3, 0.4) is 0 Å². The van der Waals surface area contributed by atoms with Gasteiger partial charge in [-0.2, -0.15) is 0 Å². The molecule has 0 aromatic heterocycles. The molecule has 2 atom stereocenters. The lowest BCUT2D eigenvalue weighted by Gasteiger charge is -2.26. The highest BCUT2D eigenvalue weighted by atomic mass is 16.5. The molecule has 0 spiro atoms. The van der Waals surface area contributed by atoms with Gasteiger partial charge in [0, 0.05) is 18.6 Å². The average Bonchev–Trinajstić information content (AvgIpc) is 2.29. The molecule has 3 nitrogen and oxygen atoms in total. The van der Waals surface area contributed by atoms with Crippen LogP contribution in [0.25, 0.3) is 0 Å². The van der Waals surface area contributed by atoms with E-state index in [1.165, 1.54) is 25.7 Å². The summed E-state index contributed by atoms with van der Waals surface area (Å²) < 4.78 is 5.46. The Bertz CT molecular complexity index is 179. The third-order valence-corrected chi connectivity index (χ3v) is 3.34. The molecule has 1 fully saturated rings. The van der Waals surface area contributed by atoms with Gasteiger partial charge in [-0.1, -0.05) is 26.7 Å². The summed E-state index contributed by atoms with van der Waals surface area (Å²) in [5.74, 6) is 0.844. The summed E-state index contributed by atoms with van der Waals surface area (Å²) in [6.07, 6.45) is 5.18. The number of unbranched alkanes of at least 4 members (excludes halogenated alkanes) is 1.